The van der Waals surface area contributed by atoms with E-state index in [0.29, 0.717) is 26.8 Å². The Morgan fingerprint density at radius 3 is 2.65 bits per heavy atom. The van der Waals surface area contributed by atoms with E-state index in [4.69, 9.17) is 11.6 Å². The Kier molecular flexibility index (Phi) is 4.41. The standard InChI is InChI=1S/C20H12ClFN2OS/c21-19-9-8-18(26-19)17-11-15(14-6-1-2-7-16(14)24-17)20(25)23-13-5-3-4-12(22)10-13/h1-11H,(H,23,25). The van der Waals surface area contributed by atoms with Crippen molar-refractivity contribution in [3.63, 3.8) is 0 Å². The van der Waals surface area contributed by atoms with Crippen LogP contribution in [-0.4, -0.2) is 10.9 Å². The fraction of sp³-hybridized carbons (Fsp3) is 0. The molecule has 4 rings (SSSR count). The molecule has 4 aromatic rings. The highest BCUT2D eigenvalue weighted by Crippen LogP contribution is 2.32. The highest BCUT2D eigenvalue weighted by molar-refractivity contribution is 7.19. The van der Waals surface area contributed by atoms with Crippen LogP contribution in [0.1, 0.15) is 10.4 Å². The fourth-order valence-corrected chi connectivity index (χ4v) is 3.71. The number of carbonyl (C=O) groups excluding carboxylic acids is 1. The largest absolute Gasteiger partial charge is 0.322 e. The zero-order chi connectivity index (χ0) is 18.1. The van der Waals surface area contributed by atoms with Gasteiger partial charge in [0.25, 0.3) is 5.91 Å². The van der Waals surface area contributed by atoms with Crippen LogP contribution in [0.5, 0.6) is 0 Å². The highest BCUT2D eigenvalue weighted by atomic mass is 35.5. The zero-order valence-electron chi connectivity index (χ0n) is 13.4. The Morgan fingerprint density at radius 2 is 1.88 bits per heavy atom. The minimum atomic E-state index is -0.406. The number of aromatic nitrogens is 1. The van der Waals surface area contributed by atoms with Gasteiger partial charge in [0.15, 0.2) is 0 Å². The number of hydrogen-bond acceptors (Lipinski definition) is 3. The van der Waals surface area contributed by atoms with Crippen molar-refractivity contribution in [1.82, 2.24) is 4.98 Å². The van der Waals surface area contributed by atoms with E-state index in [9.17, 15) is 9.18 Å². The topological polar surface area (TPSA) is 42.0 Å². The molecule has 0 bridgehead atoms. The third kappa shape index (κ3) is 3.31. The van der Waals surface area contributed by atoms with Gasteiger partial charge >= 0.3 is 0 Å². The van der Waals surface area contributed by atoms with Crippen LogP contribution in [0.4, 0.5) is 10.1 Å². The van der Waals surface area contributed by atoms with Crippen LogP contribution in [-0.2, 0) is 0 Å². The molecule has 3 nitrogen and oxygen atoms in total. The maximum atomic E-state index is 13.4. The van der Waals surface area contributed by atoms with Crippen LogP contribution in [0.2, 0.25) is 4.34 Å². The van der Waals surface area contributed by atoms with Gasteiger partial charge in [-0.2, -0.15) is 0 Å². The lowest BCUT2D eigenvalue weighted by molar-refractivity contribution is 0.102. The van der Waals surface area contributed by atoms with Crippen molar-refractivity contribution >= 4 is 45.4 Å². The fourth-order valence-electron chi connectivity index (χ4n) is 2.71. The zero-order valence-corrected chi connectivity index (χ0v) is 14.9. The van der Waals surface area contributed by atoms with Crippen LogP contribution >= 0.6 is 22.9 Å². The number of para-hydroxylation sites is 1. The first-order valence-electron chi connectivity index (χ1n) is 7.82. The number of carbonyl (C=O) groups is 1. The Labute approximate surface area is 158 Å². The second-order valence-electron chi connectivity index (χ2n) is 5.64. The van der Waals surface area contributed by atoms with Gasteiger partial charge in [0.05, 0.1) is 26.0 Å². The lowest BCUT2D eigenvalue weighted by Crippen LogP contribution is -2.13. The smallest absolute Gasteiger partial charge is 0.256 e. The molecule has 0 unspecified atom stereocenters. The Morgan fingerprint density at radius 1 is 1.04 bits per heavy atom. The molecule has 6 heteroatoms. The molecule has 2 aromatic heterocycles. The van der Waals surface area contributed by atoms with E-state index in [-0.39, 0.29) is 5.91 Å². The summed E-state index contributed by atoms with van der Waals surface area (Å²) >= 11 is 7.43. The molecule has 2 heterocycles. The van der Waals surface area contributed by atoms with Gasteiger partial charge in [-0.1, -0.05) is 35.9 Å². The Bertz CT molecular complexity index is 1130. The average molecular weight is 383 g/mol. The summed E-state index contributed by atoms with van der Waals surface area (Å²) < 4.78 is 14.0. The van der Waals surface area contributed by atoms with Crippen molar-refractivity contribution in [2.24, 2.45) is 0 Å². The van der Waals surface area contributed by atoms with Gasteiger partial charge in [0.2, 0.25) is 0 Å². The number of thiophene rings is 1. The molecule has 0 aliphatic rings. The molecule has 0 spiro atoms. The van der Waals surface area contributed by atoms with Crippen molar-refractivity contribution in [2.45, 2.75) is 0 Å². The van der Waals surface area contributed by atoms with Crippen molar-refractivity contribution in [3.8, 4) is 10.6 Å². The molecule has 0 aliphatic heterocycles. The van der Waals surface area contributed by atoms with E-state index >= 15 is 0 Å². The maximum Gasteiger partial charge on any atom is 0.256 e. The molecule has 0 saturated heterocycles. The second kappa shape index (κ2) is 6.86. The van der Waals surface area contributed by atoms with E-state index in [2.05, 4.69) is 10.3 Å². The van der Waals surface area contributed by atoms with Crippen LogP contribution < -0.4 is 5.32 Å². The number of rotatable bonds is 3. The van der Waals surface area contributed by atoms with Crippen molar-refractivity contribution in [2.75, 3.05) is 5.32 Å². The van der Waals surface area contributed by atoms with Gasteiger partial charge in [-0.15, -0.1) is 11.3 Å². The minimum absolute atomic E-state index is 0.321. The van der Waals surface area contributed by atoms with Gasteiger partial charge in [-0.05, 0) is 42.5 Å². The van der Waals surface area contributed by atoms with Crippen molar-refractivity contribution < 1.29 is 9.18 Å². The van der Waals surface area contributed by atoms with Crippen LogP contribution in [0.15, 0.2) is 66.7 Å². The minimum Gasteiger partial charge on any atom is -0.322 e. The number of anilines is 1. The number of hydrogen-bond donors (Lipinski definition) is 1. The van der Waals surface area contributed by atoms with Crippen LogP contribution in [0, 0.1) is 5.82 Å². The molecule has 1 N–H and O–H groups in total. The summed E-state index contributed by atoms with van der Waals surface area (Å²) in [6.07, 6.45) is 0. The summed E-state index contributed by atoms with van der Waals surface area (Å²) in [6, 6.07) is 18.6. The molecular formula is C20H12ClFN2OS. The van der Waals surface area contributed by atoms with Crippen LogP contribution in [0.3, 0.4) is 0 Å². The first kappa shape index (κ1) is 16.7. The summed E-state index contributed by atoms with van der Waals surface area (Å²) in [4.78, 5) is 18.4. The molecule has 0 fully saturated rings. The SMILES string of the molecule is O=C(Nc1cccc(F)c1)c1cc(-c2ccc(Cl)s2)nc2ccccc12. The Hall–Kier alpha value is -2.76. The lowest BCUT2D eigenvalue weighted by Gasteiger charge is -2.10. The monoisotopic (exact) mass is 382 g/mol. The molecule has 128 valence electrons. The van der Waals surface area contributed by atoms with E-state index in [1.807, 2.05) is 30.3 Å². The second-order valence-corrected chi connectivity index (χ2v) is 7.36. The summed E-state index contributed by atoms with van der Waals surface area (Å²) in [7, 11) is 0. The van der Waals surface area contributed by atoms with Gasteiger partial charge in [0.1, 0.15) is 5.82 Å². The molecule has 0 atom stereocenters. The number of benzene rings is 2. The molecule has 2 aromatic carbocycles. The lowest BCUT2D eigenvalue weighted by atomic mass is 10.1. The number of amides is 1. The van der Waals surface area contributed by atoms with Gasteiger partial charge < -0.3 is 5.32 Å². The van der Waals surface area contributed by atoms with E-state index in [1.165, 1.54) is 23.5 Å². The number of fused-ring (bicyclic) bond motifs is 1. The van der Waals surface area contributed by atoms with Gasteiger partial charge in [-0.25, -0.2) is 9.37 Å². The molecule has 1 amide bonds. The Balaban J connectivity index is 1.81. The van der Waals surface area contributed by atoms with E-state index in [1.54, 1.807) is 24.3 Å². The third-order valence-corrected chi connectivity index (χ3v) is 5.12. The van der Waals surface area contributed by atoms with Gasteiger partial charge in [0, 0.05) is 11.1 Å². The van der Waals surface area contributed by atoms with Gasteiger partial charge in [-0.3, -0.25) is 4.79 Å². The first-order chi connectivity index (χ1) is 12.6. The average Bonchev–Trinajstić information content (AvgIpc) is 3.07. The maximum absolute atomic E-state index is 13.4. The third-order valence-electron chi connectivity index (χ3n) is 3.87. The summed E-state index contributed by atoms with van der Waals surface area (Å²) in [6.45, 7) is 0. The summed E-state index contributed by atoms with van der Waals surface area (Å²) in [5.74, 6) is -0.727. The number of nitrogens with zero attached hydrogens (tertiary/aromatic N) is 1. The highest BCUT2D eigenvalue weighted by Gasteiger charge is 2.15. The van der Waals surface area contributed by atoms with E-state index < -0.39 is 5.82 Å². The molecule has 26 heavy (non-hydrogen) atoms. The normalized spacial score (nSPS) is 10.8. The summed E-state index contributed by atoms with van der Waals surface area (Å²) in [5, 5.41) is 3.48. The predicted molar refractivity (Wildman–Crippen MR) is 104 cm³/mol. The van der Waals surface area contributed by atoms with Crippen molar-refractivity contribution in [3.05, 3.63) is 82.4 Å². The number of halogens is 2. The first-order valence-corrected chi connectivity index (χ1v) is 9.02. The molecule has 0 saturated carbocycles. The predicted octanol–water partition coefficient (Wildman–Crippen LogP) is 6.01. The summed E-state index contributed by atoms with van der Waals surface area (Å²) in [5.41, 5.74) is 2.25. The quantitative estimate of drug-likeness (QED) is 0.471. The molecule has 0 aliphatic carbocycles. The van der Waals surface area contributed by atoms with Crippen LogP contribution in [0.25, 0.3) is 21.5 Å². The molecular weight excluding hydrogens is 371 g/mol. The van der Waals surface area contributed by atoms with Crippen molar-refractivity contribution in [1.29, 1.82) is 0 Å². The number of pyridine rings is 1. The molecule has 0 radical (unpaired) electrons. The number of nitrogens with one attached hydrogen (secondary N) is 1. The van der Waals surface area contributed by atoms with E-state index in [0.717, 1.165) is 10.3 Å².